The van der Waals surface area contributed by atoms with E-state index in [9.17, 15) is 9.90 Å². The Balaban J connectivity index is 1.56. The molecule has 1 unspecified atom stereocenters. The highest BCUT2D eigenvalue weighted by Gasteiger charge is 2.29. The lowest BCUT2D eigenvalue weighted by atomic mass is 10.0. The fourth-order valence-corrected chi connectivity index (χ4v) is 3.34. The van der Waals surface area contributed by atoms with Crippen LogP contribution in [0.25, 0.3) is 0 Å². The lowest BCUT2D eigenvalue weighted by Gasteiger charge is -2.23. The topological polar surface area (TPSA) is 78.6 Å². The molecule has 2 N–H and O–H groups in total. The average Bonchev–Trinajstić information content (AvgIpc) is 3.36. The molecule has 0 spiro atoms. The van der Waals surface area contributed by atoms with Crippen molar-refractivity contribution in [2.75, 3.05) is 23.3 Å². The number of amides is 1. The molecular formula is C21H21N3O3. The van der Waals surface area contributed by atoms with Gasteiger partial charge in [0, 0.05) is 18.4 Å². The van der Waals surface area contributed by atoms with Crippen LogP contribution in [0, 0.1) is 0 Å². The first-order valence-electron chi connectivity index (χ1n) is 8.91. The maximum atomic E-state index is 13.1. The summed E-state index contributed by atoms with van der Waals surface area (Å²) in [5.74, 6) is 0.791. The molecular weight excluding hydrogens is 342 g/mol. The number of aromatic nitrogens is 1. The van der Waals surface area contributed by atoms with Crippen LogP contribution in [0.2, 0.25) is 0 Å². The lowest BCUT2D eigenvalue weighted by molar-refractivity contribution is 0.0475. The van der Waals surface area contributed by atoms with Crippen molar-refractivity contribution >= 4 is 17.4 Å². The smallest absolute Gasteiger partial charge is 0.262 e. The van der Waals surface area contributed by atoms with Crippen molar-refractivity contribution in [1.29, 1.82) is 0 Å². The Bertz CT molecular complexity index is 951. The van der Waals surface area contributed by atoms with Crippen molar-refractivity contribution in [2.45, 2.75) is 18.9 Å². The average molecular weight is 363 g/mol. The second kappa shape index (κ2) is 6.89. The third-order valence-electron chi connectivity index (χ3n) is 4.82. The van der Waals surface area contributed by atoms with Crippen LogP contribution in [0.1, 0.15) is 28.6 Å². The van der Waals surface area contributed by atoms with Gasteiger partial charge in [-0.15, -0.1) is 0 Å². The van der Waals surface area contributed by atoms with Gasteiger partial charge in [-0.25, -0.2) is 4.98 Å². The molecule has 1 amide bonds. The van der Waals surface area contributed by atoms with Gasteiger partial charge in [-0.1, -0.05) is 18.2 Å². The van der Waals surface area contributed by atoms with E-state index in [1.165, 1.54) is 11.8 Å². The molecule has 0 aliphatic carbocycles. The van der Waals surface area contributed by atoms with Crippen LogP contribution in [0.5, 0.6) is 0 Å². The summed E-state index contributed by atoms with van der Waals surface area (Å²) < 4.78 is 5.30. The quantitative estimate of drug-likeness (QED) is 0.728. The third kappa shape index (κ3) is 3.31. The second-order valence-electron chi connectivity index (χ2n) is 6.84. The molecule has 138 valence electrons. The van der Waals surface area contributed by atoms with E-state index in [-0.39, 0.29) is 12.5 Å². The molecule has 0 bridgehead atoms. The van der Waals surface area contributed by atoms with Gasteiger partial charge in [0.05, 0.1) is 18.4 Å². The normalized spacial score (nSPS) is 15.3. The summed E-state index contributed by atoms with van der Waals surface area (Å²) in [6.07, 6.45) is 3.99. The number of pyridine rings is 1. The zero-order valence-electron chi connectivity index (χ0n) is 15.1. The van der Waals surface area contributed by atoms with Gasteiger partial charge in [0.1, 0.15) is 17.2 Å². The fraction of sp³-hybridized carbons (Fsp3) is 0.238. The first-order valence-corrected chi connectivity index (χ1v) is 8.91. The largest absolute Gasteiger partial charge is 0.466 e. The van der Waals surface area contributed by atoms with Crippen molar-refractivity contribution in [1.82, 2.24) is 4.98 Å². The number of aliphatic hydroxyl groups is 1. The second-order valence-corrected chi connectivity index (χ2v) is 6.84. The minimum absolute atomic E-state index is 0.104. The van der Waals surface area contributed by atoms with E-state index in [2.05, 4.69) is 10.3 Å². The van der Waals surface area contributed by atoms with Crippen LogP contribution in [0.4, 0.5) is 11.5 Å². The summed E-state index contributed by atoms with van der Waals surface area (Å²) in [5, 5.41) is 13.7. The molecule has 0 saturated carbocycles. The van der Waals surface area contributed by atoms with E-state index in [0.29, 0.717) is 23.7 Å². The number of carbonyl (C=O) groups excluding carboxylic acids is 1. The third-order valence-corrected chi connectivity index (χ3v) is 4.82. The number of nitrogens with zero attached hydrogens (tertiary/aromatic N) is 2. The summed E-state index contributed by atoms with van der Waals surface area (Å²) in [6, 6.07) is 14.9. The maximum Gasteiger partial charge on any atom is 0.262 e. The Kier molecular flexibility index (Phi) is 4.41. The molecule has 1 aliphatic rings. The summed E-state index contributed by atoms with van der Waals surface area (Å²) in [5.41, 5.74) is 1.37. The van der Waals surface area contributed by atoms with Crippen molar-refractivity contribution in [3.63, 3.8) is 0 Å². The summed E-state index contributed by atoms with van der Waals surface area (Å²) in [4.78, 5) is 19.2. The highest BCUT2D eigenvalue weighted by Crippen LogP contribution is 2.30. The Morgan fingerprint density at radius 3 is 2.93 bits per heavy atom. The standard InChI is InChI=1S/C21H21N3O3/c1-21(26,18-9-5-13-27-18)14-23-19-16(7-4-11-22-19)20(25)24-12-10-15-6-2-3-8-17(15)24/h2-9,11,13,26H,10,12,14H2,1H3,(H,22,23). The molecule has 4 rings (SSSR count). The van der Waals surface area contributed by atoms with Gasteiger partial charge < -0.3 is 19.7 Å². The number of fused-ring (bicyclic) bond motifs is 1. The molecule has 27 heavy (non-hydrogen) atoms. The van der Waals surface area contributed by atoms with Gasteiger partial charge in [0.2, 0.25) is 0 Å². The molecule has 0 fully saturated rings. The molecule has 1 aromatic carbocycles. The highest BCUT2D eigenvalue weighted by molar-refractivity contribution is 6.10. The van der Waals surface area contributed by atoms with Crippen LogP contribution in [-0.4, -0.2) is 29.1 Å². The van der Waals surface area contributed by atoms with Gasteiger partial charge in [0.15, 0.2) is 0 Å². The Labute approximate surface area is 157 Å². The van der Waals surface area contributed by atoms with E-state index in [0.717, 1.165) is 12.1 Å². The number of hydrogen-bond acceptors (Lipinski definition) is 5. The van der Waals surface area contributed by atoms with Crippen molar-refractivity contribution in [2.24, 2.45) is 0 Å². The molecule has 1 atom stereocenters. The SMILES string of the molecule is CC(O)(CNc1ncccc1C(=O)N1CCc2ccccc21)c1ccco1. The number of nitrogens with one attached hydrogen (secondary N) is 1. The van der Waals surface area contributed by atoms with E-state index in [1.807, 2.05) is 24.3 Å². The van der Waals surface area contributed by atoms with Gasteiger partial charge in [-0.3, -0.25) is 4.79 Å². The van der Waals surface area contributed by atoms with Crippen LogP contribution in [0.15, 0.2) is 65.4 Å². The number of furan rings is 1. The molecule has 6 nitrogen and oxygen atoms in total. The molecule has 6 heteroatoms. The first-order chi connectivity index (χ1) is 13.1. The van der Waals surface area contributed by atoms with Crippen molar-refractivity contribution < 1.29 is 14.3 Å². The molecule has 2 aromatic heterocycles. The number of benzene rings is 1. The monoisotopic (exact) mass is 363 g/mol. The van der Waals surface area contributed by atoms with Crippen LogP contribution >= 0.6 is 0 Å². The lowest BCUT2D eigenvalue weighted by Crippen LogP contribution is -2.33. The van der Waals surface area contributed by atoms with Gasteiger partial charge in [-0.2, -0.15) is 0 Å². The Morgan fingerprint density at radius 1 is 1.26 bits per heavy atom. The maximum absolute atomic E-state index is 13.1. The van der Waals surface area contributed by atoms with Gasteiger partial charge in [-0.05, 0) is 49.2 Å². The number of anilines is 2. The van der Waals surface area contributed by atoms with Gasteiger partial charge in [0.25, 0.3) is 5.91 Å². The molecule has 3 heterocycles. The molecule has 1 aliphatic heterocycles. The number of hydrogen-bond donors (Lipinski definition) is 2. The van der Waals surface area contributed by atoms with Crippen LogP contribution in [-0.2, 0) is 12.0 Å². The Morgan fingerprint density at radius 2 is 2.11 bits per heavy atom. The predicted molar refractivity (Wildman–Crippen MR) is 103 cm³/mol. The fourth-order valence-electron chi connectivity index (χ4n) is 3.34. The number of carbonyl (C=O) groups is 1. The van der Waals surface area contributed by atoms with Crippen LogP contribution < -0.4 is 10.2 Å². The minimum Gasteiger partial charge on any atom is -0.466 e. The molecule has 0 radical (unpaired) electrons. The number of para-hydroxylation sites is 1. The van der Waals surface area contributed by atoms with Crippen molar-refractivity contribution in [3.05, 3.63) is 77.9 Å². The van der Waals surface area contributed by atoms with E-state index < -0.39 is 5.60 Å². The summed E-state index contributed by atoms with van der Waals surface area (Å²) in [6.45, 7) is 2.46. The van der Waals surface area contributed by atoms with Gasteiger partial charge >= 0.3 is 0 Å². The van der Waals surface area contributed by atoms with E-state index in [4.69, 9.17) is 4.42 Å². The van der Waals surface area contributed by atoms with Crippen LogP contribution in [0.3, 0.4) is 0 Å². The van der Waals surface area contributed by atoms with Crippen molar-refractivity contribution in [3.8, 4) is 0 Å². The minimum atomic E-state index is -1.22. The molecule has 3 aromatic rings. The summed E-state index contributed by atoms with van der Waals surface area (Å²) in [7, 11) is 0. The molecule has 0 saturated heterocycles. The highest BCUT2D eigenvalue weighted by atomic mass is 16.4. The predicted octanol–water partition coefficient (Wildman–Crippen LogP) is 3.20. The van der Waals surface area contributed by atoms with E-state index in [1.54, 1.807) is 42.3 Å². The Hall–Kier alpha value is -3.12. The zero-order valence-corrected chi connectivity index (χ0v) is 15.1. The zero-order chi connectivity index (χ0) is 18.9. The van der Waals surface area contributed by atoms with E-state index >= 15 is 0 Å². The summed E-state index contributed by atoms with van der Waals surface area (Å²) >= 11 is 0. The first kappa shape index (κ1) is 17.3. The number of rotatable bonds is 5.